The van der Waals surface area contributed by atoms with Gasteiger partial charge in [0.05, 0.1) is 6.26 Å². The Bertz CT molecular complexity index is 716. The van der Waals surface area contributed by atoms with Gasteiger partial charge in [0, 0.05) is 20.8 Å². The second kappa shape index (κ2) is 9.33. The number of aliphatic hydroxyl groups excluding tert-OH is 1. The summed E-state index contributed by atoms with van der Waals surface area (Å²) in [6.07, 6.45) is -4.08. The van der Waals surface area contributed by atoms with Crippen LogP contribution in [0.5, 0.6) is 0 Å². The van der Waals surface area contributed by atoms with Gasteiger partial charge in [-0.1, -0.05) is 0 Å². The maximum atomic E-state index is 12.3. The van der Waals surface area contributed by atoms with Gasteiger partial charge in [0.2, 0.25) is 0 Å². The molecule has 1 amide bonds. The van der Waals surface area contributed by atoms with Gasteiger partial charge in [-0.2, -0.15) is 0 Å². The van der Waals surface area contributed by atoms with Crippen LogP contribution in [0.1, 0.15) is 31.3 Å². The van der Waals surface area contributed by atoms with E-state index in [2.05, 4.69) is 5.32 Å². The Morgan fingerprint density at radius 1 is 1.07 bits per heavy atom. The van der Waals surface area contributed by atoms with Crippen LogP contribution in [0.15, 0.2) is 22.8 Å². The summed E-state index contributed by atoms with van der Waals surface area (Å²) >= 11 is 0. The van der Waals surface area contributed by atoms with Crippen LogP contribution < -0.4 is 5.32 Å². The molecule has 11 nitrogen and oxygen atoms in total. The fourth-order valence-corrected chi connectivity index (χ4v) is 2.70. The molecule has 0 radical (unpaired) electrons. The van der Waals surface area contributed by atoms with Crippen molar-refractivity contribution in [3.63, 3.8) is 0 Å². The van der Waals surface area contributed by atoms with Crippen molar-refractivity contribution in [3.05, 3.63) is 24.2 Å². The van der Waals surface area contributed by atoms with Gasteiger partial charge in [-0.25, -0.2) is 0 Å². The van der Waals surface area contributed by atoms with Crippen LogP contribution in [-0.4, -0.2) is 66.2 Å². The minimum atomic E-state index is -1.66. The van der Waals surface area contributed by atoms with Crippen LogP contribution in [-0.2, 0) is 33.3 Å². The van der Waals surface area contributed by atoms with Crippen molar-refractivity contribution in [2.45, 2.75) is 51.4 Å². The van der Waals surface area contributed by atoms with Crippen molar-refractivity contribution in [2.75, 3.05) is 6.61 Å². The number of esters is 3. The monoisotopic (exact) mass is 399 g/mol. The van der Waals surface area contributed by atoms with Gasteiger partial charge in [0.25, 0.3) is 5.91 Å². The molecule has 28 heavy (non-hydrogen) atoms. The van der Waals surface area contributed by atoms with Crippen molar-refractivity contribution in [1.82, 2.24) is 5.32 Å². The second-order valence-corrected chi connectivity index (χ2v) is 5.99. The molecule has 2 rings (SSSR count). The number of rotatable bonds is 6. The van der Waals surface area contributed by atoms with E-state index in [1.165, 1.54) is 18.4 Å². The van der Waals surface area contributed by atoms with E-state index in [0.717, 1.165) is 20.8 Å². The van der Waals surface area contributed by atoms with Gasteiger partial charge in [0.15, 0.2) is 24.3 Å². The normalized spacial score (nSPS) is 26.8. The molecule has 2 N–H and O–H groups in total. The number of aliphatic hydroxyl groups is 1. The molecule has 1 aliphatic heterocycles. The number of hydrogen-bond acceptors (Lipinski definition) is 10. The Kier molecular flexibility index (Phi) is 7.12. The zero-order valence-electron chi connectivity index (χ0n) is 15.4. The predicted molar refractivity (Wildman–Crippen MR) is 88.6 cm³/mol. The first-order valence-electron chi connectivity index (χ1n) is 8.34. The number of furan rings is 1. The van der Waals surface area contributed by atoms with E-state index in [9.17, 15) is 24.3 Å². The molecule has 0 saturated carbocycles. The standard InChI is InChI=1S/C17H21NO10/c1-8(19)25-7-12-14(26-9(2)20)15(27-10(3)21)13(17(23)28-12)18-16(22)11-5-4-6-24-11/h4-6,12-15,17,23H,7H2,1-3H3,(H,18,22)/t12-,13+,14+,15-,17-/m0/s1. The summed E-state index contributed by atoms with van der Waals surface area (Å²) in [5, 5.41) is 12.8. The number of hydrogen-bond donors (Lipinski definition) is 2. The van der Waals surface area contributed by atoms with E-state index < -0.39 is 54.5 Å². The van der Waals surface area contributed by atoms with Crippen molar-refractivity contribution in [1.29, 1.82) is 0 Å². The van der Waals surface area contributed by atoms with Gasteiger partial charge in [-0.15, -0.1) is 0 Å². The molecule has 1 aromatic rings. The Hall–Kier alpha value is -2.92. The summed E-state index contributed by atoms with van der Waals surface area (Å²) in [6.45, 7) is 3.02. The molecule has 0 aromatic carbocycles. The summed E-state index contributed by atoms with van der Waals surface area (Å²) in [5.74, 6) is -2.88. The lowest BCUT2D eigenvalue weighted by molar-refractivity contribution is -0.263. The third-order valence-electron chi connectivity index (χ3n) is 3.76. The fraction of sp³-hybridized carbons (Fsp3) is 0.529. The van der Waals surface area contributed by atoms with Crippen LogP contribution in [0, 0.1) is 0 Å². The first-order chi connectivity index (χ1) is 13.2. The SMILES string of the molecule is CC(=O)OC[C@@H]1O[C@H](O)[C@H](NC(=O)c2ccco2)[C@H](OC(C)=O)[C@@H]1OC(C)=O. The second-order valence-electron chi connectivity index (χ2n) is 5.99. The highest BCUT2D eigenvalue weighted by Crippen LogP contribution is 2.26. The molecule has 1 aliphatic rings. The third kappa shape index (κ3) is 5.54. The molecule has 5 atom stereocenters. The molecule has 2 heterocycles. The molecule has 11 heteroatoms. The van der Waals surface area contributed by atoms with Crippen LogP contribution >= 0.6 is 0 Å². The molecule has 1 fully saturated rings. The number of carbonyl (C=O) groups is 4. The number of nitrogens with one attached hydrogen (secondary N) is 1. The van der Waals surface area contributed by atoms with Gasteiger partial charge in [-0.3, -0.25) is 19.2 Å². The summed E-state index contributed by atoms with van der Waals surface area (Å²) < 4.78 is 25.6. The fourth-order valence-electron chi connectivity index (χ4n) is 2.70. The highest BCUT2D eigenvalue weighted by Gasteiger charge is 2.50. The Morgan fingerprint density at radius 3 is 2.25 bits per heavy atom. The average Bonchev–Trinajstić information content (AvgIpc) is 3.12. The van der Waals surface area contributed by atoms with E-state index >= 15 is 0 Å². The molecular weight excluding hydrogens is 378 g/mol. The first kappa shape index (κ1) is 21.4. The van der Waals surface area contributed by atoms with Crippen molar-refractivity contribution in [2.24, 2.45) is 0 Å². The van der Waals surface area contributed by atoms with Crippen LogP contribution in [0.4, 0.5) is 0 Å². The van der Waals surface area contributed by atoms with Gasteiger partial charge < -0.3 is 33.8 Å². The smallest absolute Gasteiger partial charge is 0.303 e. The molecule has 154 valence electrons. The summed E-state index contributed by atoms with van der Waals surface area (Å²) in [7, 11) is 0. The first-order valence-corrected chi connectivity index (χ1v) is 8.34. The zero-order valence-corrected chi connectivity index (χ0v) is 15.4. The minimum Gasteiger partial charge on any atom is -0.463 e. The topological polar surface area (TPSA) is 151 Å². The van der Waals surface area contributed by atoms with E-state index in [0.29, 0.717) is 0 Å². The minimum absolute atomic E-state index is 0.0557. The Balaban J connectivity index is 2.29. The summed E-state index contributed by atoms with van der Waals surface area (Å²) in [5.41, 5.74) is 0. The van der Waals surface area contributed by atoms with Gasteiger partial charge >= 0.3 is 17.9 Å². The number of ether oxygens (including phenoxy) is 4. The van der Waals surface area contributed by atoms with Gasteiger partial charge in [-0.05, 0) is 12.1 Å². The van der Waals surface area contributed by atoms with E-state index in [1.807, 2.05) is 0 Å². The molecule has 1 saturated heterocycles. The lowest BCUT2D eigenvalue weighted by Gasteiger charge is -2.43. The number of amides is 1. The lowest BCUT2D eigenvalue weighted by atomic mass is 9.96. The van der Waals surface area contributed by atoms with E-state index in [4.69, 9.17) is 23.4 Å². The average molecular weight is 399 g/mol. The maximum absolute atomic E-state index is 12.3. The van der Waals surface area contributed by atoms with Crippen LogP contribution in [0.25, 0.3) is 0 Å². The maximum Gasteiger partial charge on any atom is 0.303 e. The Morgan fingerprint density at radius 2 is 1.71 bits per heavy atom. The predicted octanol–water partition coefficient (Wildman–Crippen LogP) is -0.478. The molecule has 0 bridgehead atoms. The molecule has 0 aliphatic carbocycles. The Labute approximate surface area is 159 Å². The third-order valence-corrected chi connectivity index (χ3v) is 3.76. The molecule has 1 aromatic heterocycles. The van der Waals surface area contributed by atoms with Gasteiger partial charge in [0.1, 0.15) is 18.8 Å². The lowest BCUT2D eigenvalue weighted by Crippen LogP contribution is -2.66. The molecule has 0 spiro atoms. The van der Waals surface area contributed by atoms with Crippen LogP contribution in [0.3, 0.4) is 0 Å². The van der Waals surface area contributed by atoms with E-state index in [1.54, 1.807) is 0 Å². The van der Waals surface area contributed by atoms with E-state index in [-0.39, 0.29) is 12.4 Å². The van der Waals surface area contributed by atoms with Crippen molar-refractivity contribution in [3.8, 4) is 0 Å². The highest BCUT2D eigenvalue weighted by molar-refractivity contribution is 5.91. The molecular formula is C17H21NO10. The van der Waals surface area contributed by atoms with Crippen molar-refractivity contribution >= 4 is 23.8 Å². The van der Waals surface area contributed by atoms with Crippen LogP contribution in [0.2, 0.25) is 0 Å². The number of carbonyl (C=O) groups excluding carboxylic acids is 4. The summed E-state index contributed by atoms with van der Waals surface area (Å²) in [4.78, 5) is 46.5. The molecule has 0 unspecified atom stereocenters. The largest absolute Gasteiger partial charge is 0.463 e. The quantitative estimate of drug-likeness (QED) is 0.474. The highest BCUT2D eigenvalue weighted by atomic mass is 16.7. The summed E-state index contributed by atoms with van der Waals surface area (Å²) in [6, 6.07) is 1.59. The van der Waals surface area contributed by atoms with Crippen molar-refractivity contribution < 1.29 is 47.6 Å². The zero-order chi connectivity index (χ0) is 20.8.